The van der Waals surface area contributed by atoms with Crippen LogP contribution in [0.4, 0.5) is 5.69 Å². The number of thioether (sulfide) groups is 1. The molecular weight excluding hydrogens is 346 g/mol. The highest BCUT2D eigenvalue weighted by molar-refractivity contribution is 7.98. The van der Waals surface area contributed by atoms with Crippen molar-refractivity contribution in [3.05, 3.63) is 40.3 Å². The summed E-state index contributed by atoms with van der Waals surface area (Å²) in [6.07, 6.45) is 0. The lowest BCUT2D eigenvalue weighted by Crippen LogP contribution is -2.24. The monoisotopic (exact) mass is 361 g/mol. The maximum Gasteiger partial charge on any atom is 0.269 e. The maximum atomic E-state index is 10.7. The van der Waals surface area contributed by atoms with E-state index in [9.17, 15) is 10.1 Å². The summed E-state index contributed by atoms with van der Waals surface area (Å²) in [5.41, 5.74) is 0.395. The molecule has 0 saturated carbocycles. The SMILES string of the molecule is CC(C)(C)n1nnnc1SCc1nnc(-c2ccc([N+](=O)[O-])cc2)o1. The average Bonchev–Trinajstić information content (AvgIpc) is 3.22. The van der Waals surface area contributed by atoms with Crippen LogP contribution in [0, 0.1) is 10.1 Å². The Morgan fingerprint density at radius 1 is 1.20 bits per heavy atom. The first-order valence-corrected chi connectivity index (χ1v) is 8.32. The molecule has 3 aromatic rings. The second-order valence-electron chi connectivity index (χ2n) is 6.14. The van der Waals surface area contributed by atoms with Crippen LogP contribution in [0.25, 0.3) is 11.5 Å². The van der Waals surface area contributed by atoms with Gasteiger partial charge >= 0.3 is 0 Å². The van der Waals surface area contributed by atoms with Gasteiger partial charge in [0.1, 0.15) is 0 Å². The van der Waals surface area contributed by atoms with Crippen LogP contribution in [0.15, 0.2) is 33.8 Å². The van der Waals surface area contributed by atoms with Crippen LogP contribution >= 0.6 is 11.8 Å². The molecule has 3 rings (SSSR count). The topological polar surface area (TPSA) is 126 Å². The molecule has 0 fully saturated rings. The van der Waals surface area contributed by atoms with Crippen LogP contribution in [-0.4, -0.2) is 35.3 Å². The molecular formula is C14H15N7O3S. The zero-order chi connectivity index (χ0) is 18.0. The first-order chi connectivity index (χ1) is 11.8. The number of hydrogen-bond donors (Lipinski definition) is 0. The summed E-state index contributed by atoms with van der Waals surface area (Å²) in [4.78, 5) is 10.2. The summed E-state index contributed by atoms with van der Waals surface area (Å²) in [6, 6.07) is 5.93. The molecule has 11 heteroatoms. The molecule has 0 spiro atoms. The fraction of sp³-hybridized carbons (Fsp3) is 0.357. The van der Waals surface area contributed by atoms with Crippen LogP contribution in [-0.2, 0) is 11.3 Å². The average molecular weight is 361 g/mol. The summed E-state index contributed by atoms with van der Waals surface area (Å²) in [5.74, 6) is 1.14. The molecule has 0 N–H and O–H groups in total. The van der Waals surface area contributed by atoms with Gasteiger partial charge in [-0.3, -0.25) is 10.1 Å². The van der Waals surface area contributed by atoms with Crippen LogP contribution in [0.5, 0.6) is 0 Å². The van der Waals surface area contributed by atoms with Crippen LogP contribution in [0.1, 0.15) is 26.7 Å². The van der Waals surface area contributed by atoms with E-state index in [1.165, 1.54) is 23.9 Å². The third-order valence-electron chi connectivity index (χ3n) is 3.19. The molecule has 0 atom stereocenters. The third kappa shape index (κ3) is 3.82. The zero-order valence-corrected chi connectivity index (χ0v) is 14.6. The van der Waals surface area contributed by atoms with Crippen molar-refractivity contribution in [1.29, 1.82) is 0 Å². The summed E-state index contributed by atoms with van der Waals surface area (Å²) in [5, 5.41) is 31.0. The summed E-state index contributed by atoms with van der Waals surface area (Å²) < 4.78 is 7.33. The predicted molar refractivity (Wildman–Crippen MR) is 88.8 cm³/mol. The van der Waals surface area contributed by atoms with Gasteiger partial charge in [0.15, 0.2) is 0 Å². The first kappa shape index (κ1) is 17.0. The van der Waals surface area contributed by atoms with E-state index < -0.39 is 4.92 Å². The van der Waals surface area contributed by atoms with Gasteiger partial charge in [0.05, 0.1) is 16.2 Å². The lowest BCUT2D eigenvalue weighted by Gasteiger charge is -2.19. The predicted octanol–water partition coefficient (Wildman–Crippen LogP) is 2.68. The summed E-state index contributed by atoms with van der Waals surface area (Å²) in [7, 11) is 0. The van der Waals surface area contributed by atoms with Crippen molar-refractivity contribution in [2.24, 2.45) is 0 Å². The van der Waals surface area contributed by atoms with Crippen molar-refractivity contribution >= 4 is 17.4 Å². The highest BCUT2D eigenvalue weighted by atomic mass is 32.2. The number of tetrazole rings is 1. The smallest absolute Gasteiger partial charge is 0.269 e. The number of rotatable bonds is 5. The number of nitrogens with zero attached hydrogens (tertiary/aromatic N) is 7. The van der Waals surface area contributed by atoms with Gasteiger partial charge in [0.25, 0.3) is 5.69 Å². The van der Waals surface area contributed by atoms with E-state index in [1.807, 2.05) is 20.8 Å². The minimum Gasteiger partial charge on any atom is -0.420 e. The standard InChI is InChI=1S/C14H15N7O3S/c1-14(2,3)20-13(17-18-19-20)25-8-11-15-16-12(24-11)9-4-6-10(7-5-9)21(22)23/h4-7H,8H2,1-3H3. The number of non-ortho nitro benzene ring substituents is 1. The van der Waals surface area contributed by atoms with Crippen molar-refractivity contribution in [2.75, 3.05) is 0 Å². The number of aromatic nitrogens is 6. The van der Waals surface area contributed by atoms with Crippen molar-refractivity contribution in [3.8, 4) is 11.5 Å². The van der Waals surface area contributed by atoms with Gasteiger partial charge in [-0.15, -0.1) is 15.3 Å². The highest BCUT2D eigenvalue weighted by Gasteiger charge is 2.20. The van der Waals surface area contributed by atoms with Crippen molar-refractivity contribution in [2.45, 2.75) is 37.2 Å². The van der Waals surface area contributed by atoms with Crippen molar-refractivity contribution in [1.82, 2.24) is 30.4 Å². The molecule has 130 valence electrons. The number of hydrogen-bond acceptors (Lipinski definition) is 9. The number of nitro groups is 1. The van der Waals surface area contributed by atoms with Gasteiger partial charge in [0, 0.05) is 17.7 Å². The molecule has 0 saturated heterocycles. The molecule has 2 aromatic heterocycles. The molecule has 0 aliphatic carbocycles. The molecule has 0 bridgehead atoms. The molecule has 0 aliphatic rings. The van der Waals surface area contributed by atoms with E-state index in [4.69, 9.17) is 4.42 Å². The summed E-state index contributed by atoms with van der Waals surface area (Å²) >= 11 is 1.39. The van der Waals surface area contributed by atoms with E-state index in [0.29, 0.717) is 28.3 Å². The van der Waals surface area contributed by atoms with E-state index in [0.717, 1.165) is 0 Å². The number of nitro benzene ring substituents is 1. The Labute approximate surface area is 146 Å². The molecule has 0 aliphatic heterocycles. The van der Waals surface area contributed by atoms with Gasteiger partial charge in [-0.1, -0.05) is 11.8 Å². The molecule has 0 unspecified atom stereocenters. The molecule has 25 heavy (non-hydrogen) atoms. The van der Waals surface area contributed by atoms with Crippen LogP contribution in [0.2, 0.25) is 0 Å². The van der Waals surface area contributed by atoms with Gasteiger partial charge < -0.3 is 4.42 Å². The molecule has 10 nitrogen and oxygen atoms in total. The second-order valence-corrected chi connectivity index (χ2v) is 7.08. The minimum atomic E-state index is -0.459. The number of benzene rings is 1. The Morgan fingerprint density at radius 3 is 2.56 bits per heavy atom. The second kappa shape index (κ2) is 6.59. The Kier molecular flexibility index (Phi) is 4.49. The normalized spacial score (nSPS) is 11.6. The van der Waals surface area contributed by atoms with E-state index in [1.54, 1.807) is 16.8 Å². The highest BCUT2D eigenvalue weighted by Crippen LogP contribution is 2.26. The first-order valence-electron chi connectivity index (χ1n) is 7.33. The lowest BCUT2D eigenvalue weighted by atomic mass is 10.1. The van der Waals surface area contributed by atoms with Gasteiger partial charge in [0.2, 0.25) is 16.9 Å². The fourth-order valence-electron chi connectivity index (χ4n) is 1.97. The molecule has 1 aromatic carbocycles. The Hall–Kier alpha value is -2.82. The largest absolute Gasteiger partial charge is 0.420 e. The van der Waals surface area contributed by atoms with Gasteiger partial charge in [-0.05, 0) is 43.3 Å². The third-order valence-corrected chi connectivity index (χ3v) is 4.10. The zero-order valence-electron chi connectivity index (χ0n) is 13.8. The van der Waals surface area contributed by atoms with Crippen molar-refractivity contribution in [3.63, 3.8) is 0 Å². The Balaban J connectivity index is 1.70. The Morgan fingerprint density at radius 2 is 1.92 bits per heavy atom. The van der Waals surface area contributed by atoms with Crippen molar-refractivity contribution < 1.29 is 9.34 Å². The van der Waals surface area contributed by atoms with Gasteiger partial charge in [-0.25, -0.2) is 4.68 Å². The lowest BCUT2D eigenvalue weighted by molar-refractivity contribution is -0.384. The Bertz CT molecular complexity index is 882. The molecule has 0 radical (unpaired) electrons. The summed E-state index contributed by atoms with van der Waals surface area (Å²) in [6.45, 7) is 6.02. The van der Waals surface area contributed by atoms with E-state index >= 15 is 0 Å². The maximum absolute atomic E-state index is 10.7. The molecule has 0 amide bonds. The minimum absolute atomic E-state index is 0.00746. The quantitative estimate of drug-likeness (QED) is 0.383. The van der Waals surface area contributed by atoms with E-state index in [2.05, 4.69) is 25.7 Å². The van der Waals surface area contributed by atoms with Crippen LogP contribution in [0.3, 0.4) is 0 Å². The van der Waals surface area contributed by atoms with Gasteiger partial charge in [-0.2, -0.15) is 0 Å². The fourth-order valence-corrected chi connectivity index (χ4v) is 2.87. The van der Waals surface area contributed by atoms with Crippen LogP contribution < -0.4 is 0 Å². The van der Waals surface area contributed by atoms with E-state index in [-0.39, 0.29) is 11.2 Å². The molecule has 2 heterocycles.